The van der Waals surface area contributed by atoms with Gasteiger partial charge in [-0.25, -0.2) is 14.8 Å². The average Bonchev–Trinajstić information content (AvgIpc) is 3.47. The molecule has 0 radical (unpaired) electrons. The lowest BCUT2D eigenvalue weighted by atomic mass is 9.96. The number of fused-ring (bicyclic) bond motifs is 1. The lowest BCUT2D eigenvalue weighted by molar-refractivity contribution is -0.192. The number of H-pyrrole nitrogens is 1. The van der Waals surface area contributed by atoms with Gasteiger partial charge in [-0.3, -0.25) is 4.68 Å². The van der Waals surface area contributed by atoms with Gasteiger partial charge in [0, 0.05) is 23.3 Å². The second kappa shape index (κ2) is 8.94. The number of carboxylic acid groups (broad SMARTS) is 1. The molecule has 0 spiro atoms. The van der Waals surface area contributed by atoms with E-state index in [1.807, 2.05) is 29.3 Å². The van der Waals surface area contributed by atoms with E-state index in [9.17, 15) is 18.4 Å². The third kappa shape index (κ3) is 4.76. The van der Waals surface area contributed by atoms with Crippen LogP contribution < -0.4 is 0 Å². The van der Waals surface area contributed by atoms with Crippen molar-refractivity contribution in [3.8, 4) is 17.3 Å². The van der Waals surface area contributed by atoms with E-state index >= 15 is 0 Å². The van der Waals surface area contributed by atoms with E-state index < -0.39 is 12.1 Å². The van der Waals surface area contributed by atoms with Crippen molar-refractivity contribution in [2.24, 2.45) is 5.92 Å². The molecule has 30 heavy (non-hydrogen) atoms. The summed E-state index contributed by atoms with van der Waals surface area (Å²) in [5.41, 5.74) is 2.68. The Morgan fingerprint density at radius 3 is 2.70 bits per heavy atom. The minimum absolute atomic E-state index is 0.166. The van der Waals surface area contributed by atoms with E-state index in [-0.39, 0.29) is 6.04 Å². The molecule has 0 saturated heterocycles. The Labute approximate surface area is 169 Å². The summed E-state index contributed by atoms with van der Waals surface area (Å²) in [6.45, 7) is 0. The molecule has 11 heteroatoms. The first kappa shape index (κ1) is 21.3. The Morgan fingerprint density at radius 2 is 2.07 bits per heavy atom. The van der Waals surface area contributed by atoms with Gasteiger partial charge in [0.1, 0.15) is 12.0 Å². The number of aromatic amines is 1. The molecular weight excluding hydrogens is 401 g/mol. The fraction of sp³-hybridized carbons (Fsp3) is 0.421. The largest absolute Gasteiger partial charge is 0.490 e. The Balaban J connectivity index is 0.000000318. The van der Waals surface area contributed by atoms with Gasteiger partial charge in [0.15, 0.2) is 0 Å². The molecule has 0 aromatic carbocycles. The van der Waals surface area contributed by atoms with Crippen LogP contribution >= 0.6 is 0 Å². The smallest absolute Gasteiger partial charge is 0.475 e. The monoisotopic (exact) mass is 420 g/mol. The zero-order valence-corrected chi connectivity index (χ0v) is 15.8. The minimum atomic E-state index is -5.08. The van der Waals surface area contributed by atoms with Crippen molar-refractivity contribution < 1.29 is 23.1 Å². The third-order valence-electron chi connectivity index (χ3n) is 5.06. The normalized spacial score (nSPS) is 15.4. The van der Waals surface area contributed by atoms with E-state index in [4.69, 9.17) is 9.90 Å². The number of carboxylic acids is 1. The lowest BCUT2D eigenvalue weighted by Gasteiger charge is -2.21. The second-order valence-electron chi connectivity index (χ2n) is 6.95. The van der Waals surface area contributed by atoms with Crippen molar-refractivity contribution in [2.75, 3.05) is 0 Å². The number of nitrogens with one attached hydrogen (secondary N) is 1. The van der Waals surface area contributed by atoms with Gasteiger partial charge in [-0.2, -0.15) is 23.5 Å². The minimum Gasteiger partial charge on any atom is -0.475 e. The molecule has 3 heterocycles. The zero-order chi connectivity index (χ0) is 21.7. The van der Waals surface area contributed by atoms with Crippen LogP contribution in [0.1, 0.15) is 38.1 Å². The Morgan fingerprint density at radius 1 is 1.37 bits per heavy atom. The SMILES string of the molecule is N#CCC(C1CCCC1)n1cc(-c2ncnc3[nH]ccc23)cn1.O=C(O)C(F)(F)F. The van der Waals surface area contributed by atoms with Crippen LogP contribution in [-0.4, -0.2) is 42.0 Å². The molecule has 1 saturated carbocycles. The van der Waals surface area contributed by atoms with E-state index in [0.29, 0.717) is 12.3 Å². The van der Waals surface area contributed by atoms with Crippen molar-refractivity contribution in [3.05, 3.63) is 31.0 Å². The Hall–Kier alpha value is -3.42. The molecule has 1 fully saturated rings. The van der Waals surface area contributed by atoms with Crippen molar-refractivity contribution in [1.29, 1.82) is 5.26 Å². The molecule has 1 unspecified atom stereocenters. The van der Waals surface area contributed by atoms with Crippen LogP contribution in [0, 0.1) is 17.2 Å². The van der Waals surface area contributed by atoms with Crippen LogP contribution in [0.2, 0.25) is 0 Å². The van der Waals surface area contributed by atoms with Gasteiger partial charge in [-0.1, -0.05) is 12.8 Å². The molecule has 3 aromatic rings. The molecule has 0 aliphatic heterocycles. The van der Waals surface area contributed by atoms with Crippen LogP contribution in [0.4, 0.5) is 13.2 Å². The maximum absolute atomic E-state index is 10.6. The highest BCUT2D eigenvalue weighted by Crippen LogP contribution is 2.36. The molecule has 1 aliphatic carbocycles. The van der Waals surface area contributed by atoms with Crippen LogP contribution in [0.25, 0.3) is 22.3 Å². The number of hydrogen-bond donors (Lipinski definition) is 2. The molecule has 2 N–H and O–H groups in total. The van der Waals surface area contributed by atoms with Crippen molar-refractivity contribution in [2.45, 2.75) is 44.3 Å². The first-order chi connectivity index (χ1) is 14.3. The molecule has 158 valence electrons. The van der Waals surface area contributed by atoms with Gasteiger partial charge in [-0.15, -0.1) is 0 Å². The molecule has 4 rings (SSSR count). The van der Waals surface area contributed by atoms with Crippen LogP contribution in [0.15, 0.2) is 31.0 Å². The van der Waals surface area contributed by atoms with Gasteiger partial charge in [-0.05, 0) is 24.8 Å². The van der Waals surface area contributed by atoms with Crippen molar-refractivity contribution in [3.63, 3.8) is 0 Å². The average molecular weight is 420 g/mol. The summed E-state index contributed by atoms with van der Waals surface area (Å²) >= 11 is 0. The first-order valence-electron chi connectivity index (χ1n) is 9.31. The molecule has 0 bridgehead atoms. The third-order valence-corrected chi connectivity index (χ3v) is 5.06. The van der Waals surface area contributed by atoms with Crippen molar-refractivity contribution >= 4 is 17.0 Å². The second-order valence-corrected chi connectivity index (χ2v) is 6.95. The number of nitrogens with zero attached hydrogens (tertiary/aromatic N) is 5. The highest BCUT2D eigenvalue weighted by atomic mass is 19.4. The van der Waals surface area contributed by atoms with Crippen LogP contribution in [0.3, 0.4) is 0 Å². The summed E-state index contributed by atoms with van der Waals surface area (Å²) in [5.74, 6) is -2.20. The molecular formula is C19H19F3N6O2. The number of rotatable bonds is 4. The summed E-state index contributed by atoms with van der Waals surface area (Å²) < 4.78 is 33.7. The first-order valence-corrected chi connectivity index (χ1v) is 9.31. The van der Waals surface area contributed by atoms with E-state index in [2.05, 4.69) is 26.1 Å². The molecule has 1 atom stereocenters. The van der Waals surface area contributed by atoms with Crippen molar-refractivity contribution in [1.82, 2.24) is 24.7 Å². The number of aromatic nitrogens is 5. The number of hydrogen-bond acceptors (Lipinski definition) is 5. The van der Waals surface area contributed by atoms with Gasteiger partial charge in [0.25, 0.3) is 0 Å². The zero-order valence-electron chi connectivity index (χ0n) is 15.8. The summed E-state index contributed by atoms with van der Waals surface area (Å²) in [7, 11) is 0. The molecule has 3 aromatic heterocycles. The van der Waals surface area contributed by atoms with E-state index in [1.54, 1.807) is 6.33 Å². The van der Waals surface area contributed by atoms with Gasteiger partial charge in [0.05, 0.1) is 30.4 Å². The van der Waals surface area contributed by atoms with E-state index in [0.717, 1.165) is 22.3 Å². The lowest BCUT2D eigenvalue weighted by Crippen LogP contribution is -2.21. The van der Waals surface area contributed by atoms with E-state index in [1.165, 1.54) is 25.7 Å². The topological polar surface area (TPSA) is 120 Å². The molecule has 8 nitrogen and oxygen atoms in total. The molecule has 1 aliphatic rings. The number of carbonyl (C=O) groups is 1. The number of nitriles is 1. The quantitative estimate of drug-likeness (QED) is 0.656. The summed E-state index contributed by atoms with van der Waals surface area (Å²) in [6.07, 6.45) is 7.62. The van der Waals surface area contributed by atoms with Gasteiger partial charge in [0.2, 0.25) is 0 Å². The number of halogens is 3. The highest BCUT2D eigenvalue weighted by Gasteiger charge is 2.38. The highest BCUT2D eigenvalue weighted by molar-refractivity contribution is 5.89. The van der Waals surface area contributed by atoms with Gasteiger partial charge < -0.3 is 10.1 Å². The predicted octanol–water partition coefficient (Wildman–Crippen LogP) is 4.10. The molecule has 0 amide bonds. The van der Waals surface area contributed by atoms with Gasteiger partial charge >= 0.3 is 12.1 Å². The standard InChI is InChI=1S/C17H18N6.C2HF3O2/c18-7-5-15(12-3-1-2-4-12)23-10-13(9-22-23)16-14-6-8-19-17(14)21-11-20-16;3-2(4,5)1(6)7/h6,8-12,15H,1-5H2,(H,19,20,21);(H,6,7). The maximum atomic E-state index is 10.6. The Kier molecular flexibility index (Phi) is 6.34. The summed E-state index contributed by atoms with van der Waals surface area (Å²) in [6, 6.07) is 4.47. The Bertz CT molecular complexity index is 1050. The predicted molar refractivity (Wildman–Crippen MR) is 100 cm³/mol. The van der Waals surface area contributed by atoms with Crippen LogP contribution in [-0.2, 0) is 4.79 Å². The fourth-order valence-electron chi connectivity index (χ4n) is 3.66. The number of aliphatic carboxylic acids is 1. The maximum Gasteiger partial charge on any atom is 0.490 e. The number of alkyl halides is 3. The fourth-order valence-corrected chi connectivity index (χ4v) is 3.66. The summed E-state index contributed by atoms with van der Waals surface area (Å²) in [4.78, 5) is 20.6. The van der Waals surface area contributed by atoms with Crippen LogP contribution in [0.5, 0.6) is 0 Å². The summed E-state index contributed by atoms with van der Waals surface area (Å²) in [5, 5.41) is 21.8.